The lowest BCUT2D eigenvalue weighted by Gasteiger charge is -2.12. The fourth-order valence-electron chi connectivity index (χ4n) is 2.25. The molecule has 1 heterocycles. The minimum atomic E-state index is -0.385. The van der Waals surface area contributed by atoms with Gasteiger partial charge in [-0.2, -0.15) is 0 Å². The van der Waals surface area contributed by atoms with Crippen molar-refractivity contribution >= 4 is 79.1 Å². The second-order valence-corrected chi connectivity index (χ2v) is 8.75. The first-order chi connectivity index (χ1) is 11.8. The number of thioether (sulfide) groups is 1. The zero-order valence-corrected chi connectivity index (χ0v) is 17.8. The molecule has 2 amide bonds. The van der Waals surface area contributed by atoms with Gasteiger partial charge in [0, 0.05) is 14.2 Å². The Hall–Kier alpha value is -1.03. The van der Waals surface area contributed by atoms with Gasteiger partial charge in [0.25, 0.3) is 11.1 Å². The van der Waals surface area contributed by atoms with E-state index in [0.29, 0.717) is 15.1 Å². The number of amides is 2. The molecule has 0 aromatic heterocycles. The number of rotatable bonds is 3. The second-order valence-electron chi connectivity index (χ2n) is 5.22. The fraction of sp³-hybridized carbons (Fsp3) is 0.0588. The van der Waals surface area contributed by atoms with E-state index in [1.165, 1.54) is 17.0 Å². The molecule has 1 aliphatic rings. The Balaban J connectivity index is 1.87. The van der Waals surface area contributed by atoms with Gasteiger partial charge >= 0.3 is 0 Å². The van der Waals surface area contributed by atoms with Crippen molar-refractivity contribution in [3.05, 3.63) is 65.5 Å². The number of imide groups is 1. The maximum atomic E-state index is 12.6. The van der Waals surface area contributed by atoms with Crippen LogP contribution < -0.4 is 0 Å². The van der Waals surface area contributed by atoms with Gasteiger partial charge in [0.1, 0.15) is 5.75 Å². The molecule has 25 heavy (non-hydrogen) atoms. The highest BCUT2D eigenvalue weighted by atomic mass is 127. The van der Waals surface area contributed by atoms with Gasteiger partial charge in [-0.25, -0.2) is 0 Å². The molecule has 2 aromatic carbocycles. The first kappa shape index (κ1) is 18.8. The van der Waals surface area contributed by atoms with Crippen molar-refractivity contribution in [2.24, 2.45) is 0 Å². The topological polar surface area (TPSA) is 57.6 Å². The molecule has 0 aliphatic carbocycles. The molecule has 0 unspecified atom stereocenters. The van der Waals surface area contributed by atoms with Gasteiger partial charge < -0.3 is 5.11 Å². The van der Waals surface area contributed by atoms with Crippen LogP contribution in [-0.4, -0.2) is 21.2 Å². The molecular formula is C17H10BrClINO3S. The van der Waals surface area contributed by atoms with Crippen molar-refractivity contribution in [2.45, 2.75) is 6.54 Å². The van der Waals surface area contributed by atoms with Crippen molar-refractivity contribution in [3.8, 4) is 5.75 Å². The molecule has 1 saturated heterocycles. The molecule has 1 N–H and O–H groups in total. The summed E-state index contributed by atoms with van der Waals surface area (Å²) in [6, 6.07) is 10.7. The molecule has 8 heteroatoms. The number of phenols is 1. The van der Waals surface area contributed by atoms with E-state index in [0.717, 1.165) is 20.9 Å². The van der Waals surface area contributed by atoms with Crippen LogP contribution in [0.2, 0.25) is 5.02 Å². The Labute approximate surface area is 175 Å². The monoisotopic (exact) mass is 549 g/mol. The fourth-order valence-corrected chi connectivity index (χ4v) is 4.27. The molecule has 4 nitrogen and oxygen atoms in total. The first-order valence-corrected chi connectivity index (χ1v) is 10.1. The Morgan fingerprint density at radius 3 is 2.60 bits per heavy atom. The lowest BCUT2D eigenvalue weighted by molar-refractivity contribution is -0.123. The van der Waals surface area contributed by atoms with Crippen LogP contribution in [-0.2, 0) is 11.3 Å². The zero-order chi connectivity index (χ0) is 18.1. The number of benzene rings is 2. The normalized spacial score (nSPS) is 16.1. The Bertz CT molecular complexity index is 902. The van der Waals surface area contributed by atoms with E-state index >= 15 is 0 Å². The van der Waals surface area contributed by atoms with Gasteiger partial charge in [-0.1, -0.05) is 23.7 Å². The highest BCUT2D eigenvalue weighted by Crippen LogP contribution is 2.37. The molecule has 1 aliphatic heterocycles. The number of nitrogens with zero attached hydrogens (tertiary/aromatic N) is 1. The largest absolute Gasteiger partial charge is 0.506 e. The lowest BCUT2D eigenvalue weighted by Crippen LogP contribution is -2.27. The SMILES string of the molecule is O=C1S/C(=C\c2cc(Cl)cc(Br)c2O)C(=O)N1Cc1ccc(I)cc1. The zero-order valence-electron chi connectivity index (χ0n) is 12.5. The van der Waals surface area contributed by atoms with Crippen LogP contribution in [0.3, 0.4) is 0 Å². The van der Waals surface area contributed by atoms with Crippen LogP contribution in [0.4, 0.5) is 4.79 Å². The van der Waals surface area contributed by atoms with Gasteiger partial charge in [0.05, 0.1) is 15.9 Å². The Morgan fingerprint density at radius 1 is 1.24 bits per heavy atom. The molecule has 3 rings (SSSR count). The van der Waals surface area contributed by atoms with Crippen molar-refractivity contribution in [3.63, 3.8) is 0 Å². The molecule has 2 aromatic rings. The summed E-state index contributed by atoms with van der Waals surface area (Å²) in [4.78, 5) is 26.2. The average Bonchev–Trinajstić information content (AvgIpc) is 2.81. The summed E-state index contributed by atoms with van der Waals surface area (Å²) in [6.07, 6.45) is 1.48. The summed E-state index contributed by atoms with van der Waals surface area (Å²) in [6.45, 7) is 0.212. The molecule has 128 valence electrons. The lowest BCUT2D eigenvalue weighted by atomic mass is 10.1. The van der Waals surface area contributed by atoms with Crippen LogP contribution in [0.1, 0.15) is 11.1 Å². The van der Waals surface area contributed by atoms with Gasteiger partial charge in [-0.15, -0.1) is 0 Å². The number of carbonyl (C=O) groups excluding carboxylic acids is 2. The minimum Gasteiger partial charge on any atom is -0.506 e. The average molecular weight is 551 g/mol. The summed E-state index contributed by atoms with van der Waals surface area (Å²) < 4.78 is 1.50. The molecule has 0 spiro atoms. The van der Waals surface area contributed by atoms with Gasteiger partial charge in [0.15, 0.2) is 0 Å². The van der Waals surface area contributed by atoms with Crippen LogP contribution >= 0.6 is 61.9 Å². The van der Waals surface area contributed by atoms with E-state index in [2.05, 4.69) is 38.5 Å². The van der Waals surface area contributed by atoms with Crippen LogP contribution in [0.25, 0.3) is 6.08 Å². The van der Waals surface area contributed by atoms with Crippen molar-refractivity contribution in [1.82, 2.24) is 4.90 Å². The summed E-state index contributed by atoms with van der Waals surface area (Å²) in [5.41, 5.74) is 1.25. The summed E-state index contributed by atoms with van der Waals surface area (Å²) in [5.74, 6) is -0.419. The smallest absolute Gasteiger partial charge is 0.293 e. The molecule has 0 saturated carbocycles. The van der Waals surface area contributed by atoms with Crippen LogP contribution in [0, 0.1) is 3.57 Å². The Kier molecular flexibility index (Phi) is 5.77. The summed E-state index contributed by atoms with van der Waals surface area (Å²) in [5, 5.41) is 10.2. The molecule has 0 radical (unpaired) electrons. The third-order valence-corrected chi connectivity index (χ3v) is 5.92. The first-order valence-electron chi connectivity index (χ1n) is 7.03. The summed E-state index contributed by atoms with van der Waals surface area (Å²) >= 11 is 12.2. The molecular weight excluding hydrogens is 541 g/mol. The van der Waals surface area contributed by atoms with E-state index in [-0.39, 0.29) is 28.3 Å². The molecule has 1 fully saturated rings. The molecule has 0 atom stereocenters. The minimum absolute atomic E-state index is 0.0335. The number of hydrogen-bond donors (Lipinski definition) is 1. The number of halogens is 3. The van der Waals surface area contributed by atoms with E-state index in [1.54, 1.807) is 6.07 Å². The van der Waals surface area contributed by atoms with E-state index in [4.69, 9.17) is 11.6 Å². The Morgan fingerprint density at radius 2 is 1.92 bits per heavy atom. The third-order valence-electron chi connectivity index (χ3n) is 3.47. The van der Waals surface area contributed by atoms with Crippen LogP contribution in [0.15, 0.2) is 45.8 Å². The van der Waals surface area contributed by atoms with Crippen molar-refractivity contribution in [2.75, 3.05) is 0 Å². The number of aromatic hydroxyl groups is 1. The van der Waals surface area contributed by atoms with Gasteiger partial charge in [0.2, 0.25) is 0 Å². The maximum absolute atomic E-state index is 12.6. The van der Waals surface area contributed by atoms with E-state index < -0.39 is 0 Å². The molecule has 0 bridgehead atoms. The van der Waals surface area contributed by atoms with E-state index in [9.17, 15) is 14.7 Å². The highest BCUT2D eigenvalue weighted by molar-refractivity contribution is 14.1. The van der Waals surface area contributed by atoms with Crippen molar-refractivity contribution in [1.29, 1.82) is 0 Å². The highest BCUT2D eigenvalue weighted by Gasteiger charge is 2.35. The third kappa shape index (κ3) is 4.21. The van der Waals surface area contributed by atoms with Gasteiger partial charge in [-0.3, -0.25) is 14.5 Å². The number of hydrogen-bond acceptors (Lipinski definition) is 4. The quantitative estimate of drug-likeness (QED) is 0.397. The number of phenolic OH excluding ortho intramolecular Hbond substituents is 1. The van der Waals surface area contributed by atoms with Gasteiger partial charge in [-0.05, 0) is 86.2 Å². The predicted octanol–water partition coefficient (Wildman–Crippen LogP) is 5.65. The van der Waals surface area contributed by atoms with E-state index in [1.807, 2.05) is 24.3 Å². The maximum Gasteiger partial charge on any atom is 0.293 e. The summed E-state index contributed by atoms with van der Waals surface area (Å²) in [7, 11) is 0. The second kappa shape index (κ2) is 7.69. The van der Waals surface area contributed by atoms with Crippen LogP contribution in [0.5, 0.6) is 5.75 Å². The standard InChI is InChI=1S/C17H10BrClINO3S/c18-13-7-11(19)5-10(15(13)22)6-14-16(23)21(17(24)25-14)8-9-1-3-12(20)4-2-9/h1-7,22H,8H2/b14-6-. The predicted molar refractivity (Wildman–Crippen MR) is 111 cm³/mol. The van der Waals surface area contributed by atoms with Crippen molar-refractivity contribution < 1.29 is 14.7 Å². The number of carbonyl (C=O) groups is 2.